The zero-order chi connectivity index (χ0) is 19.4. The van der Waals surface area contributed by atoms with Crippen LogP contribution < -0.4 is 20.5 Å². The highest BCUT2D eigenvalue weighted by atomic mass is 16.5. The number of hydrogen-bond acceptors (Lipinski definition) is 4. The molecule has 1 unspecified atom stereocenters. The van der Waals surface area contributed by atoms with Crippen LogP contribution in [0.3, 0.4) is 0 Å². The number of nitrogen functional groups attached to an aromatic ring is 1. The van der Waals surface area contributed by atoms with E-state index in [-0.39, 0.29) is 11.9 Å². The second-order valence-electron chi connectivity index (χ2n) is 7.45. The molecule has 0 bridgehead atoms. The molecule has 0 aliphatic heterocycles. The normalized spacial score (nSPS) is 15.9. The first kappa shape index (κ1) is 19.1. The van der Waals surface area contributed by atoms with E-state index in [1.807, 2.05) is 18.2 Å². The van der Waals surface area contributed by atoms with Crippen LogP contribution in [0.4, 0.5) is 5.69 Å². The van der Waals surface area contributed by atoms with Gasteiger partial charge in [0.15, 0.2) is 11.5 Å². The van der Waals surface area contributed by atoms with Gasteiger partial charge in [-0.3, -0.25) is 4.79 Å². The minimum absolute atomic E-state index is 0.00436. The molecule has 1 atom stereocenters. The minimum atomic E-state index is -0.113. The van der Waals surface area contributed by atoms with Gasteiger partial charge in [0, 0.05) is 11.3 Å². The Morgan fingerprint density at radius 2 is 2.04 bits per heavy atom. The van der Waals surface area contributed by atoms with Crippen molar-refractivity contribution in [2.24, 2.45) is 5.92 Å². The van der Waals surface area contributed by atoms with E-state index < -0.39 is 0 Å². The molecule has 3 N–H and O–H groups in total. The number of carbonyl (C=O) groups excluding carboxylic acids is 1. The van der Waals surface area contributed by atoms with Gasteiger partial charge in [0.1, 0.15) is 0 Å². The predicted molar refractivity (Wildman–Crippen MR) is 107 cm³/mol. The lowest BCUT2D eigenvalue weighted by Gasteiger charge is -2.27. The second kappa shape index (κ2) is 8.33. The van der Waals surface area contributed by atoms with Crippen molar-refractivity contribution in [3.63, 3.8) is 0 Å². The fraction of sp³-hybridized carbons (Fsp3) is 0.409. The highest BCUT2D eigenvalue weighted by Gasteiger charge is 2.23. The maximum atomic E-state index is 12.8. The Labute approximate surface area is 160 Å². The van der Waals surface area contributed by atoms with E-state index in [9.17, 15) is 4.79 Å². The van der Waals surface area contributed by atoms with Gasteiger partial charge >= 0.3 is 0 Å². The van der Waals surface area contributed by atoms with Crippen molar-refractivity contribution in [1.29, 1.82) is 0 Å². The Bertz CT molecular complexity index is 817. The summed E-state index contributed by atoms with van der Waals surface area (Å²) in [5.74, 6) is 1.53. The van der Waals surface area contributed by atoms with Crippen LogP contribution in [0.25, 0.3) is 0 Å². The number of ether oxygens (including phenoxy) is 2. The second-order valence-corrected chi connectivity index (χ2v) is 7.45. The molecule has 0 radical (unpaired) electrons. The highest BCUT2D eigenvalue weighted by Crippen LogP contribution is 2.32. The quantitative estimate of drug-likeness (QED) is 0.752. The van der Waals surface area contributed by atoms with Gasteiger partial charge in [-0.2, -0.15) is 0 Å². The summed E-state index contributed by atoms with van der Waals surface area (Å²) < 4.78 is 11.2. The molecule has 0 spiro atoms. The summed E-state index contributed by atoms with van der Waals surface area (Å²) in [6.07, 6.45) is 2.96. The monoisotopic (exact) mass is 368 g/mol. The number of hydrogen-bond donors (Lipinski definition) is 2. The molecule has 5 nitrogen and oxygen atoms in total. The van der Waals surface area contributed by atoms with E-state index >= 15 is 0 Å². The zero-order valence-corrected chi connectivity index (χ0v) is 16.2. The molecule has 0 aromatic heterocycles. The van der Waals surface area contributed by atoms with Crippen LogP contribution in [-0.4, -0.2) is 19.6 Å². The molecule has 5 heteroatoms. The molecule has 1 aliphatic carbocycles. The summed E-state index contributed by atoms with van der Waals surface area (Å²) in [6.45, 7) is 4.78. The molecule has 27 heavy (non-hydrogen) atoms. The Hall–Kier alpha value is -2.69. The zero-order valence-electron chi connectivity index (χ0n) is 16.2. The smallest absolute Gasteiger partial charge is 0.251 e. The Balaban J connectivity index is 1.75. The minimum Gasteiger partial charge on any atom is -0.493 e. The molecule has 2 aromatic carbocycles. The topological polar surface area (TPSA) is 73.6 Å². The number of fused-ring (bicyclic) bond motifs is 1. The van der Waals surface area contributed by atoms with Crippen molar-refractivity contribution in [3.8, 4) is 11.5 Å². The number of anilines is 1. The van der Waals surface area contributed by atoms with Crippen LogP contribution in [0.5, 0.6) is 11.5 Å². The van der Waals surface area contributed by atoms with E-state index in [0.29, 0.717) is 29.6 Å². The lowest BCUT2D eigenvalue weighted by atomic mass is 9.87. The third-order valence-corrected chi connectivity index (χ3v) is 4.78. The van der Waals surface area contributed by atoms with Crippen molar-refractivity contribution in [2.75, 3.05) is 19.5 Å². The molecule has 1 amide bonds. The lowest BCUT2D eigenvalue weighted by molar-refractivity contribution is 0.0932. The summed E-state index contributed by atoms with van der Waals surface area (Å²) in [5, 5.41) is 3.16. The van der Waals surface area contributed by atoms with Gasteiger partial charge in [-0.25, -0.2) is 0 Å². The van der Waals surface area contributed by atoms with Crippen LogP contribution in [0.1, 0.15) is 54.2 Å². The molecule has 1 aliphatic rings. The number of aryl methyl sites for hydroxylation is 1. The van der Waals surface area contributed by atoms with Gasteiger partial charge in [0.25, 0.3) is 5.91 Å². The van der Waals surface area contributed by atoms with Crippen LogP contribution in [0.15, 0.2) is 36.4 Å². The third kappa shape index (κ3) is 4.54. The number of amides is 1. The third-order valence-electron chi connectivity index (χ3n) is 4.78. The van der Waals surface area contributed by atoms with Gasteiger partial charge in [0.05, 0.1) is 19.8 Å². The Kier molecular flexibility index (Phi) is 5.89. The van der Waals surface area contributed by atoms with E-state index in [1.54, 1.807) is 25.3 Å². The van der Waals surface area contributed by atoms with E-state index in [1.165, 1.54) is 5.56 Å². The average molecular weight is 368 g/mol. The van der Waals surface area contributed by atoms with Gasteiger partial charge < -0.3 is 20.5 Å². The standard InChI is InChI=1S/C22H28N2O3/c1-14(2)13-27-20-10-7-16(12-21(20)26-3)22(25)24-19-6-4-5-15-11-17(23)8-9-18(15)19/h7-12,14,19H,4-6,13,23H2,1-3H3,(H,24,25). The van der Waals surface area contributed by atoms with Gasteiger partial charge in [-0.15, -0.1) is 0 Å². The maximum Gasteiger partial charge on any atom is 0.251 e. The first-order valence-corrected chi connectivity index (χ1v) is 9.48. The largest absolute Gasteiger partial charge is 0.493 e. The summed E-state index contributed by atoms with van der Waals surface area (Å²) >= 11 is 0. The molecule has 2 aromatic rings. The van der Waals surface area contributed by atoms with Gasteiger partial charge in [-0.1, -0.05) is 19.9 Å². The van der Waals surface area contributed by atoms with Crippen molar-refractivity contribution in [3.05, 3.63) is 53.1 Å². The Morgan fingerprint density at radius 1 is 1.22 bits per heavy atom. The molecule has 0 saturated heterocycles. The van der Waals surface area contributed by atoms with Crippen molar-refractivity contribution in [1.82, 2.24) is 5.32 Å². The molecule has 3 rings (SSSR count). The fourth-order valence-electron chi connectivity index (χ4n) is 3.41. The summed E-state index contributed by atoms with van der Waals surface area (Å²) in [7, 11) is 1.58. The van der Waals surface area contributed by atoms with Crippen molar-refractivity contribution < 1.29 is 14.3 Å². The molecule has 0 heterocycles. The molecule has 144 valence electrons. The van der Waals surface area contributed by atoms with Crippen molar-refractivity contribution >= 4 is 11.6 Å². The van der Waals surface area contributed by atoms with Gasteiger partial charge in [0.2, 0.25) is 0 Å². The SMILES string of the molecule is COc1cc(C(=O)NC2CCCc3cc(N)ccc32)ccc1OCC(C)C. The van der Waals surface area contributed by atoms with E-state index in [4.69, 9.17) is 15.2 Å². The molecule has 0 fully saturated rings. The van der Waals surface area contributed by atoms with Crippen molar-refractivity contribution in [2.45, 2.75) is 39.2 Å². The Morgan fingerprint density at radius 3 is 2.78 bits per heavy atom. The fourth-order valence-corrected chi connectivity index (χ4v) is 3.41. The maximum absolute atomic E-state index is 12.8. The van der Waals surface area contributed by atoms with Crippen LogP contribution >= 0.6 is 0 Å². The number of nitrogens with one attached hydrogen (secondary N) is 1. The number of carbonyl (C=O) groups is 1. The molecule has 0 saturated carbocycles. The van der Waals surface area contributed by atoms with Crippen LogP contribution in [0, 0.1) is 5.92 Å². The number of nitrogens with two attached hydrogens (primary N) is 1. The number of benzene rings is 2. The van der Waals surface area contributed by atoms with E-state index in [0.717, 1.165) is 30.5 Å². The van der Waals surface area contributed by atoms with E-state index in [2.05, 4.69) is 19.2 Å². The highest BCUT2D eigenvalue weighted by molar-refractivity contribution is 5.95. The first-order valence-electron chi connectivity index (χ1n) is 9.48. The first-order chi connectivity index (χ1) is 13.0. The molecular formula is C22H28N2O3. The van der Waals surface area contributed by atoms with Crippen LogP contribution in [0.2, 0.25) is 0 Å². The average Bonchev–Trinajstić information content (AvgIpc) is 2.66. The predicted octanol–water partition coefficient (Wildman–Crippen LogP) is 4.12. The van der Waals surface area contributed by atoms with Crippen LogP contribution in [-0.2, 0) is 6.42 Å². The number of methoxy groups -OCH3 is 1. The summed E-state index contributed by atoms with van der Waals surface area (Å²) in [5.41, 5.74) is 9.61. The summed E-state index contributed by atoms with van der Waals surface area (Å²) in [4.78, 5) is 12.8. The lowest BCUT2D eigenvalue weighted by Crippen LogP contribution is -2.31. The summed E-state index contributed by atoms with van der Waals surface area (Å²) in [6, 6.07) is 11.2. The van der Waals surface area contributed by atoms with Gasteiger partial charge in [-0.05, 0) is 66.6 Å². The number of rotatable bonds is 6. The molecular weight excluding hydrogens is 340 g/mol.